The summed E-state index contributed by atoms with van der Waals surface area (Å²) >= 11 is 0. The molecule has 4 heterocycles. The number of amides is 2. The van der Waals surface area contributed by atoms with Gasteiger partial charge in [0, 0.05) is 17.8 Å². The van der Waals surface area contributed by atoms with Crippen LogP contribution in [0.3, 0.4) is 0 Å². The Hall–Kier alpha value is -4.99. The van der Waals surface area contributed by atoms with Gasteiger partial charge in [-0.3, -0.25) is 4.79 Å². The van der Waals surface area contributed by atoms with Gasteiger partial charge < -0.3 is 24.9 Å². The predicted octanol–water partition coefficient (Wildman–Crippen LogP) is 7.38. The number of carbonyl (C=O) groups excluding carboxylic acids is 2. The van der Waals surface area contributed by atoms with Crippen LogP contribution in [-0.4, -0.2) is 61.5 Å². The fraction of sp³-hybridized carbons (Fsp3) is 0.378. The van der Waals surface area contributed by atoms with E-state index in [-0.39, 0.29) is 17.9 Å². The zero-order valence-corrected chi connectivity index (χ0v) is 27.1. The number of carbonyl (C=O) groups is 2. The maximum atomic E-state index is 13.5. The third kappa shape index (κ3) is 6.24. The number of pyridine rings is 1. The molecule has 2 fully saturated rings. The minimum absolute atomic E-state index is 0.0821. The van der Waals surface area contributed by atoms with E-state index in [0.29, 0.717) is 12.5 Å². The van der Waals surface area contributed by atoms with Gasteiger partial charge in [0.05, 0.1) is 48.1 Å². The minimum atomic E-state index is -0.663. The van der Waals surface area contributed by atoms with Crippen LogP contribution in [0.2, 0.25) is 0 Å². The number of benzene rings is 2. The number of likely N-dealkylation sites (tertiary alicyclic amines) is 1. The Morgan fingerprint density at radius 1 is 0.851 bits per heavy atom. The summed E-state index contributed by atoms with van der Waals surface area (Å²) in [5, 5.41) is 3.79. The van der Waals surface area contributed by atoms with E-state index in [0.717, 1.165) is 69.2 Å². The van der Waals surface area contributed by atoms with Crippen LogP contribution < -0.4 is 5.32 Å². The molecule has 1 aliphatic carbocycles. The van der Waals surface area contributed by atoms with Crippen LogP contribution >= 0.6 is 0 Å². The second-order valence-corrected chi connectivity index (χ2v) is 13.1. The fourth-order valence-corrected chi connectivity index (χ4v) is 7.02. The van der Waals surface area contributed by atoms with Crippen LogP contribution in [0.15, 0.2) is 67.0 Å². The monoisotopic (exact) mass is 631 g/mol. The summed E-state index contributed by atoms with van der Waals surface area (Å²) in [5.74, 6) is 2.18. The van der Waals surface area contributed by atoms with Gasteiger partial charge in [-0.05, 0) is 66.5 Å². The highest BCUT2D eigenvalue weighted by molar-refractivity contribution is 5.87. The summed E-state index contributed by atoms with van der Waals surface area (Å²) in [4.78, 5) is 48.5. The third-order valence-corrected chi connectivity index (χ3v) is 9.67. The van der Waals surface area contributed by atoms with E-state index in [9.17, 15) is 9.59 Å². The molecule has 0 bridgehead atoms. The second-order valence-electron chi connectivity index (χ2n) is 13.1. The Kier molecular flexibility index (Phi) is 8.49. The average molecular weight is 632 g/mol. The van der Waals surface area contributed by atoms with Crippen molar-refractivity contribution in [2.24, 2.45) is 5.92 Å². The smallest absolute Gasteiger partial charge is 0.407 e. The number of aromatic amines is 2. The maximum Gasteiger partial charge on any atom is 0.407 e. The lowest BCUT2D eigenvalue weighted by atomic mass is 10.0. The summed E-state index contributed by atoms with van der Waals surface area (Å²) < 4.78 is 4.75. The molecule has 1 saturated heterocycles. The first-order chi connectivity index (χ1) is 22.9. The molecule has 0 spiro atoms. The Labute approximate surface area is 274 Å². The molecule has 0 unspecified atom stereocenters. The van der Waals surface area contributed by atoms with Gasteiger partial charge >= 0.3 is 6.09 Å². The largest absolute Gasteiger partial charge is 0.453 e. The van der Waals surface area contributed by atoms with Gasteiger partial charge in [0.1, 0.15) is 17.7 Å². The molecule has 3 aromatic heterocycles. The molecule has 2 atom stereocenters. The van der Waals surface area contributed by atoms with E-state index in [1.807, 2.05) is 31.1 Å². The van der Waals surface area contributed by atoms with Gasteiger partial charge in [0.2, 0.25) is 5.91 Å². The molecule has 10 nitrogen and oxygen atoms in total. The zero-order chi connectivity index (χ0) is 32.5. The lowest BCUT2D eigenvalue weighted by Gasteiger charge is -2.30. The van der Waals surface area contributed by atoms with Crippen LogP contribution in [-0.2, 0) is 9.53 Å². The van der Waals surface area contributed by atoms with E-state index < -0.39 is 12.1 Å². The molecule has 7 rings (SSSR count). The lowest BCUT2D eigenvalue weighted by Crippen LogP contribution is -2.51. The molecular weight excluding hydrogens is 590 g/mol. The molecule has 10 heteroatoms. The number of alkyl carbamates (subject to hydrolysis) is 1. The Balaban J connectivity index is 1.05. The van der Waals surface area contributed by atoms with Gasteiger partial charge in [0.15, 0.2) is 0 Å². The number of fused-ring (bicyclic) bond motifs is 1. The van der Waals surface area contributed by atoms with Crippen molar-refractivity contribution < 1.29 is 14.3 Å². The highest BCUT2D eigenvalue weighted by Gasteiger charge is 2.37. The first-order valence-electron chi connectivity index (χ1n) is 16.6. The molecular formula is C37H41N7O3. The number of methoxy groups -OCH3 is 1. The van der Waals surface area contributed by atoms with Crippen molar-refractivity contribution in [3.8, 4) is 33.8 Å². The van der Waals surface area contributed by atoms with Crippen LogP contribution in [0.1, 0.15) is 76.0 Å². The SMILES string of the molecule is COC(=O)N[C@H](C(=O)N1CCC[C@H]1c1ncc(-c2ccc(-c3ccc4nc(-c5cnc(C6CCCC6)[nH]5)ccc4c3)cc2)[nH]1)C(C)C. The molecule has 5 aromatic rings. The number of ether oxygens (including phenoxy) is 1. The molecule has 3 N–H and O–H groups in total. The molecule has 2 amide bonds. The Morgan fingerprint density at radius 3 is 2.32 bits per heavy atom. The number of rotatable bonds is 8. The molecule has 2 aliphatic rings. The number of imidazole rings is 2. The van der Waals surface area contributed by atoms with Crippen molar-refractivity contribution in [3.63, 3.8) is 0 Å². The summed E-state index contributed by atoms with van der Waals surface area (Å²) in [7, 11) is 1.30. The molecule has 242 valence electrons. The number of nitrogens with zero attached hydrogens (tertiary/aromatic N) is 4. The Morgan fingerprint density at radius 2 is 1.55 bits per heavy atom. The van der Waals surface area contributed by atoms with E-state index in [2.05, 4.69) is 79.9 Å². The normalized spacial score (nSPS) is 17.4. The predicted molar refractivity (Wildman–Crippen MR) is 181 cm³/mol. The molecule has 47 heavy (non-hydrogen) atoms. The molecule has 1 saturated carbocycles. The van der Waals surface area contributed by atoms with E-state index in [1.54, 1.807) is 0 Å². The van der Waals surface area contributed by atoms with Crippen molar-refractivity contribution >= 4 is 22.9 Å². The zero-order valence-electron chi connectivity index (χ0n) is 27.1. The third-order valence-electron chi connectivity index (χ3n) is 9.67. The second kappa shape index (κ2) is 13.0. The quantitative estimate of drug-likeness (QED) is 0.164. The van der Waals surface area contributed by atoms with Crippen molar-refractivity contribution in [1.82, 2.24) is 35.1 Å². The molecule has 1 aliphatic heterocycles. The summed E-state index contributed by atoms with van der Waals surface area (Å²) in [6.45, 7) is 4.45. The van der Waals surface area contributed by atoms with Crippen molar-refractivity contribution in [1.29, 1.82) is 0 Å². The van der Waals surface area contributed by atoms with Gasteiger partial charge in [-0.2, -0.15) is 0 Å². The highest BCUT2D eigenvalue weighted by atomic mass is 16.5. The number of hydrogen-bond donors (Lipinski definition) is 3. The number of aromatic nitrogens is 5. The van der Waals surface area contributed by atoms with Crippen LogP contribution in [0.4, 0.5) is 4.79 Å². The average Bonchev–Trinajstić information content (AvgIpc) is 3.93. The first kappa shape index (κ1) is 30.7. The van der Waals surface area contributed by atoms with Gasteiger partial charge in [-0.25, -0.2) is 19.7 Å². The Bertz CT molecular complexity index is 1890. The van der Waals surface area contributed by atoms with E-state index in [4.69, 9.17) is 9.72 Å². The van der Waals surface area contributed by atoms with Crippen molar-refractivity contribution in [3.05, 3.63) is 78.6 Å². The number of hydrogen-bond acceptors (Lipinski definition) is 6. The van der Waals surface area contributed by atoms with Gasteiger partial charge in [-0.15, -0.1) is 0 Å². The summed E-state index contributed by atoms with van der Waals surface area (Å²) in [6, 6.07) is 18.1. The number of nitrogens with one attached hydrogen (secondary N) is 3. The van der Waals surface area contributed by atoms with E-state index in [1.165, 1.54) is 32.8 Å². The first-order valence-corrected chi connectivity index (χ1v) is 16.6. The fourth-order valence-electron chi connectivity index (χ4n) is 7.02. The van der Waals surface area contributed by atoms with Crippen molar-refractivity contribution in [2.75, 3.05) is 13.7 Å². The maximum absolute atomic E-state index is 13.5. The standard InChI is InChI=1S/C37H41N7O3/c1-22(2)33(43-37(46)47-3)36(45)44-18-6-9-32(44)35-39-20-30(41-35)24-12-10-23(11-13-24)26-14-16-28-27(19-26)15-17-29(40-28)31-21-38-34(42-31)25-7-4-5-8-25/h10-17,19-22,25,32-33H,4-9,18H2,1-3H3,(H,38,42)(H,39,41)(H,43,46)/t32-,33-/m0/s1. The summed E-state index contributed by atoms with van der Waals surface area (Å²) in [6.07, 6.45) is 9.80. The highest BCUT2D eigenvalue weighted by Crippen LogP contribution is 2.35. The van der Waals surface area contributed by atoms with Crippen LogP contribution in [0.5, 0.6) is 0 Å². The van der Waals surface area contributed by atoms with E-state index >= 15 is 0 Å². The minimum Gasteiger partial charge on any atom is -0.453 e. The van der Waals surface area contributed by atoms with Gasteiger partial charge in [0.25, 0.3) is 0 Å². The molecule has 0 radical (unpaired) electrons. The lowest BCUT2D eigenvalue weighted by molar-refractivity contribution is -0.135. The van der Waals surface area contributed by atoms with Crippen molar-refractivity contribution in [2.45, 2.75) is 70.4 Å². The summed E-state index contributed by atoms with van der Waals surface area (Å²) in [5.41, 5.74) is 6.97. The number of H-pyrrole nitrogens is 2. The van der Waals surface area contributed by atoms with Gasteiger partial charge in [-0.1, -0.05) is 63.1 Å². The molecule has 2 aromatic carbocycles. The van der Waals surface area contributed by atoms with Crippen LogP contribution in [0.25, 0.3) is 44.7 Å². The topological polar surface area (TPSA) is 129 Å². The van der Waals surface area contributed by atoms with Crippen LogP contribution in [0, 0.1) is 5.92 Å².